The van der Waals surface area contributed by atoms with E-state index in [4.69, 9.17) is 0 Å². The van der Waals surface area contributed by atoms with Crippen LogP contribution in [0.15, 0.2) is 12.1 Å². The van der Waals surface area contributed by atoms with E-state index in [1.807, 2.05) is 27.7 Å². The van der Waals surface area contributed by atoms with Gasteiger partial charge in [0.25, 0.3) is 0 Å². The number of rotatable bonds is 2. The molecule has 17 heavy (non-hydrogen) atoms. The van der Waals surface area contributed by atoms with Gasteiger partial charge in [-0.1, -0.05) is 6.07 Å². The second kappa shape index (κ2) is 4.32. The van der Waals surface area contributed by atoms with Gasteiger partial charge in [0.2, 0.25) is 0 Å². The van der Waals surface area contributed by atoms with Crippen LogP contribution in [0.4, 0.5) is 10.1 Å². The van der Waals surface area contributed by atoms with Gasteiger partial charge in [0.1, 0.15) is 5.82 Å². The summed E-state index contributed by atoms with van der Waals surface area (Å²) in [6.45, 7) is 8.67. The number of aryl methyl sites for hydroxylation is 2. The van der Waals surface area contributed by atoms with E-state index < -0.39 is 0 Å². The number of benzene rings is 1. The van der Waals surface area contributed by atoms with Gasteiger partial charge in [0, 0.05) is 12.2 Å². The molecule has 1 heterocycles. The molecule has 90 valence electrons. The molecule has 1 N–H and O–H groups in total. The van der Waals surface area contributed by atoms with Crippen LogP contribution in [-0.4, -0.2) is 11.5 Å². The van der Waals surface area contributed by atoms with Gasteiger partial charge in [-0.3, -0.25) is 4.98 Å². The Hall–Kier alpha value is -1.64. The number of halogens is 1. The molecule has 0 aliphatic heterocycles. The number of aromatic nitrogens is 1. The Labute approximate surface area is 101 Å². The molecule has 2 nitrogen and oxygen atoms in total. The third kappa shape index (κ3) is 1.86. The predicted octanol–water partition coefficient (Wildman–Crippen LogP) is 3.73. The lowest BCUT2D eigenvalue weighted by molar-refractivity contribution is 0.639. The third-order valence-electron chi connectivity index (χ3n) is 3.13. The second-order valence-electron chi connectivity index (χ2n) is 4.32. The fourth-order valence-corrected chi connectivity index (χ4v) is 2.07. The van der Waals surface area contributed by atoms with Crippen LogP contribution in [0.25, 0.3) is 10.9 Å². The minimum absolute atomic E-state index is 0.211. The molecule has 0 aliphatic rings. The molecule has 0 amide bonds. The fourth-order valence-electron chi connectivity index (χ4n) is 2.07. The Bertz CT molecular complexity index is 576. The summed E-state index contributed by atoms with van der Waals surface area (Å²) in [5, 5.41) is 3.85. The molecule has 2 aromatic rings. The van der Waals surface area contributed by atoms with Crippen LogP contribution in [0, 0.1) is 26.6 Å². The SMILES string of the molecule is CCNc1c(C)c(C)nc2c(C)ccc(F)c12. The smallest absolute Gasteiger partial charge is 0.134 e. The topological polar surface area (TPSA) is 24.9 Å². The first kappa shape index (κ1) is 11.8. The third-order valence-corrected chi connectivity index (χ3v) is 3.13. The zero-order chi connectivity index (χ0) is 12.6. The van der Waals surface area contributed by atoms with Crippen LogP contribution in [0.2, 0.25) is 0 Å². The van der Waals surface area contributed by atoms with E-state index in [1.165, 1.54) is 6.07 Å². The summed E-state index contributed by atoms with van der Waals surface area (Å²) in [5.74, 6) is -0.211. The van der Waals surface area contributed by atoms with Crippen LogP contribution in [-0.2, 0) is 0 Å². The van der Waals surface area contributed by atoms with Crippen molar-refractivity contribution < 1.29 is 4.39 Å². The van der Waals surface area contributed by atoms with Gasteiger partial charge in [0.05, 0.1) is 16.6 Å². The number of anilines is 1. The van der Waals surface area contributed by atoms with Crippen molar-refractivity contribution in [1.82, 2.24) is 4.98 Å². The summed E-state index contributed by atoms with van der Waals surface area (Å²) >= 11 is 0. The number of fused-ring (bicyclic) bond motifs is 1. The molecule has 0 fully saturated rings. The predicted molar refractivity (Wildman–Crippen MR) is 70.1 cm³/mol. The van der Waals surface area contributed by atoms with Crippen LogP contribution in [0.5, 0.6) is 0 Å². The molecule has 2 rings (SSSR count). The van der Waals surface area contributed by atoms with Gasteiger partial charge in [-0.2, -0.15) is 0 Å². The normalized spacial score (nSPS) is 10.9. The number of pyridine rings is 1. The molecule has 3 heteroatoms. The van der Waals surface area contributed by atoms with Gasteiger partial charge >= 0.3 is 0 Å². The molecular weight excluding hydrogens is 215 g/mol. The van der Waals surface area contributed by atoms with Crippen molar-refractivity contribution in [3.8, 4) is 0 Å². The lowest BCUT2D eigenvalue weighted by atomic mass is 10.0. The lowest BCUT2D eigenvalue weighted by Gasteiger charge is -2.15. The van der Waals surface area contributed by atoms with Crippen molar-refractivity contribution in [1.29, 1.82) is 0 Å². The van der Waals surface area contributed by atoms with Crippen molar-refractivity contribution >= 4 is 16.6 Å². The van der Waals surface area contributed by atoms with E-state index >= 15 is 0 Å². The molecule has 0 radical (unpaired) electrons. The Balaban J connectivity index is 2.92. The quantitative estimate of drug-likeness (QED) is 0.853. The van der Waals surface area contributed by atoms with Crippen molar-refractivity contribution in [2.24, 2.45) is 0 Å². The van der Waals surface area contributed by atoms with Gasteiger partial charge in [-0.05, 0) is 44.9 Å². The largest absolute Gasteiger partial charge is 0.384 e. The summed E-state index contributed by atoms with van der Waals surface area (Å²) in [7, 11) is 0. The van der Waals surface area contributed by atoms with Crippen LogP contribution in [0.3, 0.4) is 0 Å². The lowest BCUT2D eigenvalue weighted by Crippen LogP contribution is -2.04. The highest BCUT2D eigenvalue weighted by Crippen LogP contribution is 2.31. The van der Waals surface area contributed by atoms with E-state index in [0.29, 0.717) is 5.39 Å². The van der Waals surface area contributed by atoms with Crippen LogP contribution >= 0.6 is 0 Å². The molecular formula is C14H17FN2. The van der Waals surface area contributed by atoms with E-state index in [2.05, 4.69) is 10.3 Å². The van der Waals surface area contributed by atoms with Crippen molar-refractivity contribution in [2.75, 3.05) is 11.9 Å². The molecule has 0 unspecified atom stereocenters. The van der Waals surface area contributed by atoms with E-state index in [0.717, 1.165) is 34.6 Å². The minimum atomic E-state index is -0.211. The highest BCUT2D eigenvalue weighted by molar-refractivity contribution is 5.95. The maximum absolute atomic E-state index is 14.0. The van der Waals surface area contributed by atoms with Crippen molar-refractivity contribution in [3.05, 3.63) is 34.8 Å². The van der Waals surface area contributed by atoms with Crippen molar-refractivity contribution in [2.45, 2.75) is 27.7 Å². The Morgan fingerprint density at radius 1 is 1.24 bits per heavy atom. The van der Waals surface area contributed by atoms with E-state index in [-0.39, 0.29) is 5.82 Å². The number of hydrogen-bond donors (Lipinski definition) is 1. The molecule has 0 spiro atoms. The summed E-state index contributed by atoms with van der Waals surface area (Å²) in [6, 6.07) is 3.28. The second-order valence-corrected chi connectivity index (χ2v) is 4.32. The van der Waals surface area contributed by atoms with Gasteiger partial charge in [-0.15, -0.1) is 0 Å². The Kier molecular flexibility index (Phi) is 3.01. The molecule has 0 atom stereocenters. The summed E-state index contributed by atoms with van der Waals surface area (Å²) < 4.78 is 14.0. The first-order valence-electron chi connectivity index (χ1n) is 5.86. The zero-order valence-corrected chi connectivity index (χ0v) is 10.7. The van der Waals surface area contributed by atoms with E-state index in [9.17, 15) is 4.39 Å². The average molecular weight is 232 g/mol. The Morgan fingerprint density at radius 2 is 1.94 bits per heavy atom. The van der Waals surface area contributed by atoms with Gasteiger partial charge in [-0.25, -0.2) is 4.39 Å². The van der Waals surface area contributed by atoms with E-state index in [1.54, 1.807) is 6.07 Å². The summed E-state index contributed by atoms with van der Waals surface area (Å²) in [6.07, 6.45) is 0. The molecule has 0 bridgehead atoms. The molecule has 0 saturated heterocycles. The standard InChI is InChI=1S/C14H17FN2/c1-5-16-14-9(3)10(4)17-13-8(2)6-7-11(15)12(13)14/h6-7H,5H2,1-4H3,(H,16,17). The van der Waals surface area contributed by atoms with Gasteiger partial charge in [0.15, 0.2) is 0 Å². The molecule has 0 saturated carbocycles. The van der Waals surface area contributed by atoms with Crippen LogP contribution in [0.1, 0.15) is 23.7 Å². The minimum Gasteiger partial charge on any atom is -0.384 e. The summed E-state index contributed by atoms with van der Waals surface area (Å²) in [4.78, 5) is 4.50. The maximum atomic E-state index is 14.0. The molecule has 1 aromatic heterocycles. The number of nitrogens with one attached hydrogen (secondary N) is 1. The average Bonchev–Trinajstić information content (AvgIpc) is 2.30. The van der Waals surface area contributed by atoms with Gasteiger partial charge < -0.3 is 5.32 Å². The highest BCUT2D eigenvalue weighted by Gasteiger charge is 2.13. The monoisotopic (exact) mass is 232 g/mol. The number of hydrogen-bond acceptors (Lipinski definition) is 2. The maximum Gasteiger partial charge on any atom is 0.134 e. The van der Waals surface area contributed by atoms with Crippen molar-refractivity contribution in [3.63, 3.8) is 0 Å². The van der Waals surface area contributed by atoms with Crippen LogP contribution < -0.4 is 5.32 Å². The molecule has 0 aliphatic carbocycles. The summed E-state index contributed by atoms with van der Waals surface area (Å²) in [5.41, 5.74) is 4.59. The highest BCUT2D eigenvalue weighted by atomic mass is 19.1. The number of nitrogens with zero attached hydrogens (tertiary/aromatic N) is 1. The zero-order valence-electron chi connectivity index (χ0n) is 10.7. The fraction of sp³-hybridized carbons (Fsp3) is 0.357. The first-order chi connectivity index (χ1) is 8.06. The first-order valence-corrected chi connectivity index (χ1v) is 5.86. The Morgan fingerprint density at radius 3 is 2.59 bits per heavy atom. The molecule has 1 aromatic carbocycles.